The summed E-state index contributed by atoms with van der Waals surface area (Å²) in [6.45, 7) is 5.59. The number of nitrogens with two attached hydrogens (primary N) is 1. The van der Waals surface area contributed by atoms with Crippen molar-refractivity contribution < 1.29 is 13.7 Å². The van der Waals surface area contributed by atoms with E-state index in [9.17, 15) is 4.79 Å². The van der Waals surface area contributed by atoms with Crippen molar-refractivity contribution in [3.63, 3.8) is 0 Å². The van der Waals surface area contributed by atoms with Gasteiger partial charge in [-0.25, -0.2) is 0 Å². The Balaban J connectivity index is 1.69. The molecule has 0 atom stereocenters. The molecule has 1 amide bonds. The molecular weight excluding hydrogens is 282 g/mol. The summed E-state index contributed by atoms with van der Waals surface area (Å²) in [7, 11) is 0. The molecule has 22 heavy (non-hydrogen) atoms. The van der Waals surface area contributed by atoms with Crippen LogP contribution in [0.4, 0.5) is 5.88 Å². The Bertz CT molecular complexity index is 638. The normalized spacial score (nSPS) is 16.4. The third-order valence-corrected chi connectivity index (χ3v) is 4.30. The number of carbonyl (C=O) groups is 1. The maximum Gasteiger partial charge on any atom is 0.257 e. The van der Waals surface area contributed by atoms with E-state index in [0.29, 0.717) is 30.5 Å². The van der Waals surface area contributed by atoms with Gasteiger partial charge >= 0.3 is 0 Å². The molecule has 3 heterocycles. The Morgan fingerprint density at radius 1 is 1.41 bits per heavy atom. The molecule has 0 unspecified atom stereocenters. The summed E-state index contributed by atoms with van der Waals surface area (Å²) in [5.41, 5.74) is 8.46. The van der Waals surface area contributed by atoms with Gasteiger partial charge in [-0.15, -0.1) is 0 Å². The highest BCUT2D eigenvalue weighted by molar-refractivity contribution is 5.93. The molecule has 3 rings (SSSR count). The average molecular weight is 303 g/mol. The number of likely N-dealkylation sites (tertiary alicyclic amines) is 1. The number of aromatic nitrogens is 1. The fourth-order valence-electron chi connectivity index (χ4n) is 3.12. The van der Waals surface area contributed by atoms with Crippen LogP contribution in [0.25, 0.3) is 0 Å². The molecule has 2 aromatic rings. The first-order chi connectivity index (χ1) is 10.6. The van der Waals surface area contributed by atoms with Crippen molar-refractivity contribution in [2.75, 3.05) is 18.8 Å². The lowest BCUT2D eigenvalue weighted by atomic mass is 9.88. The van der Waals surface area contributed by atoms with Gasteiger partial charge in [-0.05, 0) is 24.8 Å². The summed E-state index contributed by atoms with van der Waals surface area (Å²) in [6, 6.07) is 1.70. The van der Waals surface area contributed by atoms with Crippen molar-refractivity contribution in [1.29, 1.82) is 0 Å². The van der Waals surface area contributed by atoms with Gasteiger partial charge in [0.2, 0.25) is 5.88 Å². The average Bonchev–Trinajstić information content (AvgIpc) is 3.16. The Morgan fingerprint density at radius 3 is 2.73 bits per heavy atom. The van der Waals surface area contributed by atoms with E-state index in [1.165, 1.54) is 12.5 Å². The van der Waals surface area contributed by atoms with Crippen molar-refractivity contribution >= 4 is 11.8 Å². The van der Waals surface area contributed by atoms with E-state index in [0.717, 1.165) is 24.1 Å². The molecule has 2 aromatic heterocycles. The SMILES string of the molecule is CC(C)c1c(C2CCN(C(=O)c3ccoc3)CC2)noc1N. The van der Waals surface area contributed by atoms with Gasteiger partial charge in [0.15, 0.2) is 0 Å². The number of anilines is 1. The number of carbonyl (C=O) groups excluding carboxylic acids is 1. The van der Waals surface area contributed by atoms with Crippen LogP contribution in [0, 0.1) is 0 Å². The highest BCUT2D eigenvalue weighted by atomic mass is 16.5. The van der Waals surface area contributed by atoms with E-state index >= 15 is 0 Å². The van der Waals surface area contributed by atoms with E-state index in [1.54, 1.807) is 6.07 Å². The van der Waals surface area contributed by atoms with Crippen LogP contribution in [0.1, 0.15) is 60.1 Å². The lowest BCUT2D eigenvalue weighted by Gasteiger charge is -2.31. The van der Waals surface area contributed by atoms with Crippen LogP contribution < -0.4 is 5.73 Å². The fraction of sp³-hybridized carbons (Fsp3) is 0.500. The van der Waals surface area contributed by atoms with Crippen LogP contribution in [0.15, 0.2) is 27.5 Å². The maximum absolute atomic E-state index is 12.3. The molecule has 1 fully saturated rings. The second-order valence-electron chi connectivity index (χ2n) is 6.08. The predicted octanol–water partition coefficient (Wildman–Crippen LogP) is 2.99. The van der Waals surface area contributed by atoms with Crippen molar-refractivity contribution in [3.8, 4) is 0 Å². The number of nitrogen functional groups attached to an aromatic ring is 1. The minimum Gasteiger partial charge on any atom is -0.472 e. The molecule has 0 aromatic carbocycles. The minimum absolute atomic E-state index is 0.0240. The first-order valence-electron chi connectivity index (χ1n) is 7.64. The van der Waals surface area contributed by atoms with Gasteiger partial charge in [0.25, 0.3) is 5.91 Å². The van der Waals surface area contributed by atoms with E-state index < -0.39 is 0 Å². The van der Waals surface area contributed by atoms with E-state index in [2.05, 4.69) is 19.0 Å². The van der Waals surface area contributed by atoms with Gasteiger partial charge in [-0.1, -0.05) is 19.0 Å². The van der Waals surface area contributed by atoms with Crippen LogP contribution in [0.5, 0.6) is 0 Å². The second-order valence-corrected chi connectivity index (χ2v) is 6.08. The molecule has 0 radical (unpaired) electrons. The lowest BCUT2D eigenvalue weighted by Crippen LogP contribution is -2.38. The van der Waals surface area contributed by atoms with E-state index in [4.69, 9.17) is 14.7 Å². The predicted molar refractivity (Wildman–Crippen MR) is 81.6 cm³/mol. The largest absolute Gasteiger partial charge is 0.472 e. The molecule has 0 spiro atoms. The number of rotatable bonds is 3. The third kappa shape index (κ3) is 2.61. The molecule has 2 N–H and O–H groups in total. The Kier molecular flexibility index (Phi) is 3.92. The maximum atomic E-state index is 12.3. The molecule has 6 heteroatoms. The van der Waals surface area contributed by atoms with Gasteiger partial charge in [0, 0.05) is 24.6 Å². The number of nitrogens with zero attached hydrogens (tertiary/aromatic N) is 2. The van der Waals surface area contributed by atoms with Crippen molar-refractivity contribution in [2.45, 2.75) is 38.5 Å². The molecule has 0 bridgehead atoms. The number of hydrogen-bond acceptors (Lipinski definition) is 5. The van der Waals surface area contributed by atoms with Crippen LogP contribution in [0.2, 0.25) is 0 Å². The van der Waals surface area contributed by atoms with Gasteiger partial charge in [-0.2, -0.15) is 0 Å². The van der Waals surface area contributed by atoms with Crippen LogP contribution in [0.3, 0.4) is 0 Å². The molecule has 1 aliphatic rings. The lowest BCUT2D eigenvalue weighted by molar-refractivity contribution is 0.0710. The van der Waals surface area contributed by atoms with Gasteiger partial charge < -0.3 is 19.6 Å². The van der Waals surface area contributed by atoms with Crippen LogP contribution >= 0.6 is 0 Å². The molecule has 0 saturated carbocycles. The summed E-state index contributed by atoms with van der Waals surface area (Å²) in [5, 5.41) is 4.16. The van der Waals surface area contributed by atoms with Crippen molar-refractivity contribution in [1.82, 2.24) is 10.1 Å². The van der Waals surface area contributed by atoms with Crippen molar-refractivity contribution in [3.05, 3.63) is 35.4 Å². The van der Waals surface area contributed by atoms with Gasteiger partial charge in [0.1, 0.15) is 6.26 Å². The van der Waals surface area contributed by atoms with Gasteiger partial charge in [-0.3, -0.25) is 4.79 Å². The van der Waals surface area contributed by atoms with Crippen molar-refractivity contribution in [2.24, 2.45) is 0 Å². The smallest absolute Gasteiger partial charge is 0.257 e. The summed E-state index contributed by atoms with van der Waals surface area (Å²) in [5.74, 6) is 1.02. The summed E-state index contributed by atoms with van der Waals surface area (Å²) in [4.78, 5) is 14.2. The zero-order chi connectivity index (χ0) is 15.7. The summed E-state index contributed by atoms with van der Waals surface area (Å²) >= 11 is 0. The first-order valence-corrected chi connectivity index (χ1v) is 7.64. The molecule has 1 saturated heterocycles. The molecular formula is C16H21N3O3. The number of furan rings is 1. The van der Waals surface area contributed by atoms with E-state index in [1.807, 2.05) is 4.90 Å². The Labute approximate surface area is 129 Å². The fourth-order valence-corrected chi connectivity index (χ4v) is 3.12. The zero-order valence-electron chi connectivity index (χ0n) is 12.9. The molecule has 6 nitrogen and oxygen atoms in total. The second kappa shape index (κ2) is 5.87. The number of piperidine rings is 1. The highest BCUT2D eigenvalue weighted by Gasteiger charge is 2.30. The minimum atomic E-state index is 0.0240. The molecule has 0 aliphatic carbocycles. The van der Waals surface area contributed by atoms with Gasteiger partial charge in [0.05, 0.1) is 17.5 Å². The van der Waals surface area contributed by atoms with Crippen LogP contribution in [-0.4, -0.2) is 29.1 Å². The third-order valence-electron chi connectivity index (χ3n) is 4.30. The monoisotopic (exact) mass is 303 g/mol. The summed E-state index contributed by atoms with van der Waals surface area (Å²) < 4.78 is 10.2. The number of amides is 1. The molecule has 118 valence electrons. The Hall–Kier alpha value is -2.24. The van der Waals surface area contributed by atoms with Crippen LogP contribution in [-0.2, 0) is 0 Å². The molecule has 1 aliphatic heterocycles. The Morgan fingerprint density at radius 2 is 2.14 bits per heavy atom. The standard InChI is InChI=1S/C16H21N3O3/c1-10(2)13-14(18-22-15(13)17)11-3-6-19(7-4-11)16(20)12-5-8-21-9-12/h5,8-11H,3-4,6-7,17H2,1-2H3. The van der Waals surface area contributed by atoms with E-state index in [-0.39, 0.29) is 11.8 Å². The zero-order valence-corrected chi connectivity index (χ0v) is 12.9. The quantitative estimate of drug-likeness (QED) is 0.942. The topological polar surface area (TPSA) is 85.5 Å². The number of hydrogen-bond donors (Lipinski definition) is 1. The first kappa shape index (κ1) is 14.7. The highest BCUT2D eigenvalue weighted by Crippen LogP contribution is 2.36. The summed E-state index contributed by atoms with van der Waals surface area (Å²) in [6.07, 6.45) is 4.75.